The number of benzene rings is 1. The molecule has 1 aliphatic rings. The van der Waals surface area contributed by atoms with E-state index in [4.69, 9.17) is 29.3 Å². The van der Waals surface area contributed by atoms with Crippen molar-refractivity contribution in [3.05, 3.63) is 23.8 Å². The van der Waals surface area contributed by atoms with E-state index in [0.717, 1.165) is 5.92 Å². The van der Waals surface area contributed by atoms with E-state index in [-0.39, 0.29) is 12.4 Å². The molecule has 9 nitrogen and oxygen atoms in total. The van der Waals surface area contributed by atoms with Gasteiger partial charge in [-0.2, -0.15) is 0 Å². The summed E-state index contributed by atoms with van der Waals surface area (Å²) in [4.78, 5) is 29.6. The fourth-order valence-corrected chi connectivity index (χ4v) is 3.02. The topological polar surface area (TPSA) is 142 Å². The number of carbonyl (C=O) groups is 3. The van der Waals surface area contributed by atoms with E-state index in [2.05, 4.69) is 12.2 Å². The van der Waals surface area contributed by atoms with Crippen LogP contribution in [0.1, 0.15) is 49.9 Å². The van der Waals surface area contributed by atoms with Gasteiger partial charge in [0.15, 0.2) is 17.3 Å². The van der Waals surface area contributed by atoms with Gasteiger partial charge in [0.1, 0.15) is 12.7 Å². The third-order valence-corrected chi connectivity index (χ3v) is 4.84. The third-order valence-electron chi connectivity index (χ3n) is 4.84. The SMILES string of the molecule is COc1cc(C(C)=O)ccc1OCC(O)CNC1CCC(C)CC1.O=C(O)C(=O)O. The summed E-state index contributed by atoms with van der Waals surface area (Å²) in [6.07, 6.45) is 4.28. The molecule has 1 saturated carbocycles. The van der Waals surface area contributed by atoms with Gasteiger partial charge in [-0.25, -0.2) is 9.59 Å². The summed E-state index contributed by atoms with van der Waals surface area (Å²) in [6, 6.07) is 5.57. The predicted octanol–water partition coefficient (Wildman–Crippen LogP) is 1.96. The molecule has 30 heavy (non-hydrogen) atoms. The monoisotopic (exact) mass is 425 g/mol. The summed E-state index contributed by atoms with van der Waals surface area (Å²) in [5.74, 6) is -1.81. The van der Waals surface area contributed by atoms with Crippen molar-refractivity contribution in [1.29, 1.82) is 0 Å². The molecule has 0 saturated heterocycles. The third kappa shape index (κ3) is 9.23. The zero-order valence-electron chi connectivity index (χ0n) is 17.6. The van der Waals surface area contributed by atoms with E-state index >= 15 is 0 Å². The van der Waals surface area contributed by atoms with Crippen molar-refractivity contribution in [2.75, 3.05) is 20.3 Å². The number of aliphatic carboxylic acids is 2. The van der Waals surface area contributed by atoms with Crippen LogP contribution in [0.4, 0.5) is 0 Å². The maximum atomic E-state index is 11.4. The van der Waals surface area contributed by atoms with Gasteiger partial charge in [0.05, 0.1) is 7.11 Å². The molecule has 168 valence electrons. The molecule has 2 rings (SSSR count). The molecule has 0 amide bonds. The highest BCUT2D eigenvalue weighted by Gasteiger charge is 2.19. The molecule has 1 aliphatic carbocycles. The van der Waals surface area contributed by atoms with Crippen molar-refractivity contribution >= 4 is 17.7 Å². The molecule has 1 aromatic carbocycles. The molecule has 0 bridgehead atoms. The van der Waals surface area contributed by atoms with Crippen LogP contribution in [0.25, 0.3) is 0 Å². The van der Waals surface area contributed by atoms with E-state index < -0.39 is 18.0 Å². The van der Waals surface area contributed by atoms with Crippen LogP contribution in [0, 0.1) is 5.92 Å². The zero-order chi connectivity index (χ0) is 22.7. The summed E-state index contributed by atoms with van der Waals surface area (Å²) in [7, 11) is 1.54. The molecule has 9 heteroatoms. The second-order valence-electron chi connectivity index (χ2n) is 7.36. The normalized spacial score (nSPS) is 19.1. The standard InChI is InChI=1S/C19H29NO4.C2H2O4/c1-13-4-7-16(8-5-13)20-11-17(22)12-24-18-9-6-15(14(2)21)10-19(18)23-3;3-1(4)2(5)6/h6,9-10,13,16-17,20,22H,4-5,7-8,11-12H2,1-3H3;(H,3,4)(H,5,6). The number of carbonyl (C=O) groups excluding carboxylic acids is 1. The lowest BCUT2D eigenvalue weighted by molar-refractivity contribution is -0.159. The minimum atomic E-state index is -1.82. The number of ketones is 1. The van der Waals surface area contributed by atoms with Crippen LogP contribution in [-0.4, -0.2) is 65.4 Å². The number of hydrogen-bond donors (Lipinski definition) is 4. The number of Topliss-reactive ketones (excluding diaryl/α,β-unsaturated/α-hetero) is 1. The number of aliphatic hydroxyl groups excluding tert-OH is 1. The van der Waals surface area contributed by atoms with Gasteiger partial charge in [0.2, 0.25) is 0 Å². The number of aliphatic hydroxyl groups is 1. The minimum absolute atomic E-state index is 0.0223. The smallest absolute Gasteiger partial charge is 0.414 e. The maximum absolute atomic E-state index is 11.4. The van der Waals surface area contributed by atoms with Crippen LogP contribution in [-0.2, 0) is 9.59 Å². The summed E-state index contributed by atoms with van der Waals surface area (Å²) < 4.78 is 10.9. The Kier molecular flexibility index (Phi) is 10.8. The molecule has 4 N–H and O–H groups in total. The number of methoxy groups -OCH3 is 1. The van der Waals surface area contributed by atoms with Crippen molar-refractivity contribution in [1.82, 2.24) is 5.32 Å². The minimum Gasteiger partial charge on any atom is -0.493 e. The molecular formula is C21H31NO8. The van der Waals surface area contributed by atoms with E-state index in [9.17, 15) is 9.90 Å². The predicted molar refractivity (Wildman–Crippen MR) is 109 cm³/mol. The van der Waals surface area contributed by atoms with Crippen molar-refractivity contribution in [3.63, 3.8) is 0 Å². The van der Waals surface area contributed by atoms with Crippen LogP contribution in [0.2, 0.25) is 0 Å². The van der Waals surface area contributed by atoms with Crippen LogP contribution >= 0.6 is 0 Å². The molecule has 0 heterocycles. The van der Waals surface area contributed by atoms with Gasteiger partial charge in [0, 0.05) is 18.2 Å². The van der Waals surface area contributed by atoms with Gasteiger partial charge in [0.25, 0.3) is 0 Å². The Morgan fingerprint density at radius 3 is 2.20 bits per heavy atom. The van der Waals surface area contributed by atoms with Crippen molar-refractivity contribution < 1.29 is 39.2 Å². The first kappa shape index (κ1) is 25.4. The van der Waals surface area contributed by atoms with Gasteiger partial charge < -0.3 is 30.1 Å². The molecule has 1 aromatic rings. The molecule has 1 unspecified atom stereocenters. The Morgan fingerprint density at radius 2 is 1.70 bits per heavy atom. The van der Waals surface area contributed by atoms with Gasteiger partial charge >= 0.3 is 11.9 Å². The van der Waals surface area contributed by atoms with Gasteiger partial charge in [-0.15, -0.1) is 0 Å². The molecule has 1 fully saturated rings. The molecule has 0 aromatic heterocycles. The summed E-state index contributed by atoms with van der Waals surface area (Å²) in [5, 5.41) is 28.3. The lowest BCUT2D eigenvalue weighted by Crippen LogP contribution is -2.39. The van der Waals surface area contributed by atoms with Crippen LogP contribution in [0.15, 0.2) is 18.2 Å². The molecule has 0 aliphatic heterocycles. The number of ether oxygens (including phenoxy) is 2. The van der Waals surface area contributed by atoms with Crippen molar-refractivity contribution in [2.24, 2.45) is 5.92 Å². The number of carboxylic acid groups (broad SMARTS) is 2. The van der Waals surface area contributed by atoms with Crippen molar-refractivity contribution in [2.45, 2.75) is 51.7 Å². The quantitative estimate of drug-likeness (QED) is 0.363. The molecule has 1 atom stereocenters. The van der Waals surface area contributed by atoms with E-state index in [0.29, 0.717) is 29.6 Å². The van der Waals surface area contributed by atoms with E-state index in [1.54, 1.807) is 18.2 Å². The van der Waals surface area contributed by atoms with E-state index in [1.807, 2.05) is 0 Å². The zero-order valence-corrected chi connectivity index (χ0v) is 17.6. The average Bonchev–Trinajstić information content (AvgIpc) is 2.71. The highest BCUT2D eigenvalue weighted by atomic mass is 16.5. The maximum Gasteiger partial charge on any atom is 0.414 e. The summed E-state index contributed by atoms with van der Waals surface area (Å²) >= 11 is 0. The number of rotatable bonds is 8. The first-order valence-corrected chi connectivity index (χ1v) is 9.83. The lowest BCUT2D eigenvalue weighted by atomic mass is 9.87. The highest BCUT2D eigenvalue weighted by Crippen LogP contribution is 2.28. The Morgan fingerprint density at radius 1 is 1.10 bits per heavy atom. The number of hydrogen-bond acceptors (Lipinski definition) is 7. The van der Waals surface area contributed by atoms with E-state index in [1.165, 1.54) is 39.7 Å². The highest BCUT2D eigenvalue weighted by molar-refractivity contribution is 6.27. The summed E-state index contributed by atoms with van der Waals surface area (Å²) in [5.41, 5.74) is 0.577. The van der Waals surface area contributed by atoms with Gasteiger partial charge in [-0.05, 0) is 56.7 Å². The average molecular weight is 425 g/mol. The largest absolute Gasteiger partial charge is 0.493 e. The van der Waals surface area contributed by atoms with Crippen LogP contribution in [0.3, 0.4) is 0 Å². The number of nitrogens with one attached hydrogen (secondary N) is 1. The fraction of sp³-hybridized carbons (Fsp3) is 0.571. The Bertz CT molecular complexity index is 701. The summed E-state index contributed by atoms with van der Waals surface area (Å²) in [6.45, 7) is 4.51. The molecule has 0 spiro atoms. The first-order chi connectivity index (χ1) is 14.1. The van der Waals surface area contributed by atoms with Crippen LogP contribution in [0.5, 0.6) is 11.5 Å². The Hall–Kier alpha value is -2.65. The lowest BCUT2D eigenvalue weighted by Gasteiger charge is -2.27. The first-order valence-electron chi connectivity index (χ1n) is 9.83. The molecular weight excluding hydrogens is 394 g/mol. The second kappa shape index (κ2) is 12.8. The van der Waals surface area contributed by atoms with Gasteiger partial charge in [-0.3, -0.25) is 4.79 Å². The fourth-order valence-electron chi connectivity index (χ4n) is 3.02. The van der Waals surface area contributed by atoms with Gasteiger partial charge in [-0.1, -0.05) is 6.92 Å². The Balaban J connectivity index is 0.000000656. The van der Waals surface area contributed by atoms with Crippen molar-refractivity contribution in [3.8, 4) is 11.5 Å². The number of carboxylic acids is 2. The van der Waals surface area contributed by atoms with Crippen LogP contribution < -0.4 is 14.8 Å². The molecule has 0 radical (unpaired) electrons. The second-order valence-corrected chi connectivity index (χ2v) is 7.36. The Labute approximate surface area is 176 Å².